The summed E-state index contributed by atoms with van der Waals surface area (Å²) in [5.41, 5.74) is 2.40. The highest BCUT2D eigenvalue weighted by atomic mass is 32.1. The molecule has 1 atom stereocenters. The molecule has 0 radical (unpaired) electrons. The van der Waals surface area contributed by atoms with Crippen LogP contribution in [0.3, 0.4) is 0 Å². The van der Waals surface area contributed by atoms with Crippen molar-refractivity contribution in [1.82, 2.24) is 14.9 Å². The molecule has 156 valence electrons. The van der Waals surface area contributed by atoms with Gasteiger partial charge in [-0.25, -0.2) is 9.97 Å². The largest absolute Gasteiger partial charge is 0.497 e. The lowest BCUT2D eigenvalue weighted by Crippen LogP contribution is -2.42. The van der Waals surface area contributed by atoms with E-state index in [0.717, 1.165) is 16.5 Å². The number of nitrogens with zero attached hydrogens (tertiary/aromatic N) is 3. The third-order valence-corrected chi connectivity index (χ3v) is 6.02. The van der Waals surface area contributed by atoms with Crippen LogP contribution in [0, 0.1) is 13.8 Å². The molecular weight excluding hydrogens is 400 g/mol. The van der Waals surface area contributed by atoms with Crippen LogP contribution < -0.4 is 10.1 Å². The standard InChI is InChI=1S/C22H24N4O3S/c1-14-15(2)30-22(23-14)25-20-9-5-8-18(24-20)19-13-26(10-11-29-19)21(27)16-6-4-7-17(12-16)28-3/h4-9,12,19H,10-11,13H2,1-3H3,(H,23,24,25)/t19-/m1/s1. The summed E-state index contributed by atoms with van der Waals surface area (Å²) >= 11 is 1.60. The molecule has 0 unspecified atom stereocenters. The lowest BCUT2D eigenvalue weighted by atomic mass is 10.1. The van der Waals surface area contributed by atoms with Gasteiger partial charge in [-0.1, -0.05) is 12.1 Å². The van der Waals surface area contributed by atoms with E-state index in [0.29, 0.717) is 36.8 Å². The maximum absolute atomic E-state index is 13.0. The molecular formula is C22H24N4O3S. The van der Waals surface area contributed by atoms with Crippen LogP contribution in [-0.4, -0.2) is 47.6 Å². The van der Waals surface area contributed by atoms with Gasteiger partial charge in [-0.15, -0.1) is 11.3 Å². The van der Waals surface area contributed by atoms with Crippen molar-refractivity contribution >= 4 is 28.2 Å². The summed E-state index contributed by atoms with van der Waals surface area (Å²) in [6.45, 7) is 5.49. The Labute approximate surface area is 179 Å². The summed E-state index contributed by atoms with van der Waals surface area (Å²) < 4.78 is 11.2. The van der Waals surface area contributed by atoms with E-state index in [1.54, 1.807) is 35.5 Å². The van der Waals surface area contributed by atoms with Crippen molar-refractivity contribution in [2.24, 2.45) is 0 Å². The monoisotopic (exact) mass is 424 g/mol. The van der Waals surface area contributed by atoms with Crippen molar-refractivity contribution in [2.45, 2.75) is 20.0 Å². The third kappa shape index (κ3) is 4.44. The zero-order valence-corrected chi connectivity index (χ0v) is 18.0. The maximum Gasteiger partial charge on any atom is 0.254 e. The van der Waals surface area contributed by atoms with Gasteiger partial charge in [0, 0.05) is 17.0 Å². The third-order valence-electron chi connectivity index (χ3n) is 5.03. The molecule has 0 bridgehead atoms. The zero-order valence-electron chi connectivity index (χ0n) is 17.2. The molecule has 8 heteroatoms. The number of anilines is 2. The number of aryl methyl sites for hydroxylation is 2. The van der Waals surface area contributed by atoms with E-state index in [1.165, 1.54) is 4.88 Å². The number of ether oxygens (including phenoxy) is 2. The normalized spacial score (nSPS) is 16.4. The summed E-state index contributed by atoms with van der Waals surface area (Å²) in [6, 6.07) is 13.0. The van der Waals surface area contributed by atoms with Gasteiger partial charge in [0.2, 0.25) is 0 Å². The zero-order chi connectivity index (χ0) is 21.1. The molecule has 1 amide bonds. The molecule has 1 saturated heterocycles. The number of nitrogens with one attached hydrogen (secondary N) is 1. The van der Waals surface area contributed by atoms with Gasteiger partial charge in [-0.3, -0.25) is 4.79 Å². The van der Waals surface area contributed by atoms with Crippen molar-refractivity contribution < 1.29 is 14.3 Å². The number of carbonyl (C=O) groups excluding carboxylic acids is 1. The highest BCUT2D eigenvalue weighted by molar-refractivity contribution is 7.15. The minimum Gasteiger partial charge on any atom is -0.497 e. The molecule has 1 aliphatic heterocycles. The van der Waals surface area contributed by atoms with Gasteiger partial charge < -0.3 is 19.7 Å². The second-order valence-corrected chi connectivity index (χ2v) is 8.28. The van der Waals surface area contributed by atoms with Crippen molar-refractivity contribution in [3.8, 4) is 5.75 Å². The number of pyridine rings is 1. The SMILES string of the molecule is COc1cccc(C(=O)N2CCO[C@@H](c3cccc(Nc4nc(C)c(C)s4)n3)C2)c1. The second-order valence-electron chi connectivity index (χ2n) is 7.08. The van der Waals surface area contributed by atoms with E-state index < -0.39 is 0 Å². The summed E-state index contributed by atoms with van der Waals surface area (Å²) in [7, 11) is 1.59. The Bertz CT molecular complexity index is 1030. The first-order chi connectivity index (χ1) is 14.5. The smallest absolute Gasteiger partial charge is 0.254 e. The van der Waals surface area contributed by atoms with Crippen LogP contribution in [0.5, 0.6) is 5.75 Å². The fourth-order valence-corrected chi connectivity index (χ4v) is 4.11. The van der Waals surface area contributed by atoms with Gasteiger partial charge in [0.15, 0.2) is 5.13 Å². The van der Waals surface area contributed by atoms with Gasteiger partial charge in [0.25, 0.3) is 5.91 Å². The first kappa shape index (κ1) is 20.3. The van der Waals surface area contributed by atoms with E-state index >= 15 is 0 Å². The maximum atomic E-state index is 13.0. The molecule has 2 aromatic heterocycles. The van der Waals surface area contributed by atoms with Crippen molar-refractivity contribution in [3.63, 3.8) is 0 Å². The van der Waals surface area contributed by atoms with Gasteiger partial charge in [0.1, 0.15) is 17.7 Å². The Balaban J connectivity index is 1.48. The summed E-state index contributed by atoms with van der Waals surface area (Å²) in [4.78, 5) is 25.1. The predicted molar refractivity (Wildman–Crippen MR) is 117 cm³/mol. The number of hydrogen-bond donors (Lipinski definition) is 1. The van der Waals surface area contributed by atoms with E-state index in [4.69, 9.17) is 14.5 Å². The molecule has 7 nitrogen and oxygen atoms in total. The number of aromatic nitrogens is 2. The molecule has 4 rings (SSSR count). The lowest BCUT2D eigenvalue weighted by molar-refractivity contribution is -0.0246. The Morgan fingerprint density at radius 3 is 2.83 bits per heavy atom. The number of rotatable bonds is 5. The number of carbonyl (C=O) groups is 1. The van der Waals surface area contributed by atoms with E-state index in [9.17, 15) is 4.79 Å². The highest BCUT2D eigenvalue weighted by Crippen LogP contribution is 2.27. The molecule has 3 aromatic rings. The molecule has 1 aliphatic rings. The Morgan fingerprint density at radius 2 is 2.07 bits per heavy atom. The molecule has 0 aliphatic carbocycles. The predicted octanol–water partition coefficient (Wildman–Crippen LogP) is 4.12. The Morgan fingerprint density at radius 1 is 1.23 bits per heavy atom. The van der Waals surface area contributed by atoms with E-state index in [-0.39, 0.29) is 12.0 Å². The number of methoxy groups -OCH3 is 1. The average Bonchev–Trinajstić information content (AvgIpc) is 3.10. The van der Waals surface area contributed by atoms with Crippen LogP contribution in [0.15, 0.2) is 42.5 Å². The molecule has 30 heavy (non-hydrogen) atoms. The van der Waals surface area contributed by atoms with Gasteiger partial charge in [-0.2, -0.15) is 0 Å². The first-order valence-electron chi connectivity index (χ1n) is 9.76. The molecule has 1 aromatic carbocycles. The van der Waals surface area contributed by atoms with Gasteiger partial charge in [0.05, 0.1) is 31.6 Å². The Hall–Kier alpha value is -2.97. The number of hydrogen-bond acceptors (Lipinski definition) is 7. The van der Waals surface area contributed by atoms with Crippen LogP contribution in [0.25, 0.3) is 0 Å². The van der Waals surface area contributed by atoms with Gasteiger partial charge in [-0.05, 0) is 44.2 Å². The molecule has 3 heterocycles. The van der Waals surface area contributed by atoms with Crippen molar-refractivity contribution in [3.05, 3.63) is 64.3 Å². The fraction of sp³-hybridized carbons (Fsp3) is 0.318. The van der Waals surface area contributed by atoms with Crippen LogP contribution in [-0.2, 0) is 4.74 Å². The van der Waals surface area contributed by atoms with E-state index in [1.807, 2.05) is 44.2 Å². The van der Waals surface area contributed by atoms with Gasteiger partial charge >= 0.3 is 0 Å². The minimum atomic E-state index is -0.283. The van der Waals surface area contributed by atoms with Crippen LogP contribution in [0.4, 0.5) is 10.9 Å². The molecule has 1 N–H and O–H groups in total. The number of morpholine rings is 1. The average molecular weight is 425 g/mol. The molecule has 0 spiro atoms. The minimum absolute atomic E-state index is 0.0368. The summed E-state index contributed by atoms with van der Waals surface area (Å²) in [5.74, 6) is 1.34. The lowest BCUT2D eigenvalue weighted by Gasteiger charge is -2.33. The number of thiazole rings is 1. The van der Waals surface area contributed by atoms with Crippen LogP contribution >= 0.6 is 11.3 Å². The van der Waals surface area contributed by atoms with E-state index in [2.05, 4.69) is 10.3 Å². The quantitative estimate of drug-likeness (QED) is 0.664. The fourth-order valence-electron chi connectivity index (χ4n) is 3.29. The molecule has 0 saturated carbocycles. The Kier molecular flexibility index (Phi) is 5.96. The van der Waals surface area contributed by atoms with Crippen molar-refractivity contribution in [2.75, 3.05) is 32.1 Å². The number of amides is 1. The first-order valence-corrected chi connectivity index (χ1v) is 10.6. The highest BCUT2D eigenvalue weighted by Gasteiger charge is 2.27. The summed E-state index contributed by atoms with van der Waals surface area (Å²) in [6.07, 6.45) is -0.283. The summed E-state index contributed by atoms with van der Waals surface area (Å²) in [5, 5.41) is 4.08. The topological polar surface area (TPSA) is 76.6 Å². The van der Waals surface area contributed by atoms with Crippen molar-refractivity contribution in [1.29, 1.82) is 0 Å². The van der Waals surface area contributed by atoms with Crippen LogP contribution in [0.1, 0.15) is 32.7 Å². The number of benzene rings is 1. The van der Waals surface area contributed by atoms with Crippen LogP contribution in [0.2, 0.25) is 0 Å². The second kappa shape index (κ2) is 8.81. The molecule has 1 fully saturated rings.